The van der Waals surface area contributed by atoms with Crippen LogP contribution in [0.1, 0.15) is 51.4 Å². The summed E-state index contributed by atoms with van der Waals surface area (Å²) in [4.78, 5) is 16.9. The average molecular weight is 456 g/mol. The van der Waals surface area contributed by atoms with Crippen molar-refractivity contribution in [3.05, 3.63) is 24.3 Å². The fourth-order valence-electron chi connectivity index (χ4n) is 5.82. The van der Waals surface area contributed by atoms with Gasteiger partial charge >= 0.3 is 0 Å². The van der Waals surface area contributed by atoms with E-state index in [-0.39, 0.29) is 0 Å². The molecule has 0 N–H and O–H groups in total. The molecule has 5 rings (SSSR count). The van der Waals surface area contributed by atoms with E-state index < -0.39 is 0 Å². The molecule has 3 fully saturated rings. The molecule has 174 valence electrons. The van der Waals surface area contributed by atoms with Gasteiger partial charge in [0.25, 0.3) is 0 Å². The smallest absolute Gasteiger partial charge is 0.224 e. The maximum absolute atomic E-state index is 11.8. The number of piperazine rings is 1. The molecule has 0 radical (unpaired) electrons. The van der Waals surface area contributed by atoms with Crippen LogP contribution in [-0.2, 0) is 4.79 Å². The summed E-state index contributed by atoms with van der Waals surface area (Å²) in [5.41, 5.74) is 0. The van der Waals surface area contributed by atoms with Gasteiger partial charge in [-0.1, -0.05) is 31.4 Å². The van der Waals surface area contributed by atoms with Gasteiger partial charge in [-0.05, 0) is 68.2 Å². The molecule has 0 spiro atoms. The van der Waals surface area contributed by atoms with Gasteiger partial charge in [-0.25, -0.2) is 5.01 Å². The molecule has 2 saturated heterocycles. The molecule has 1 saturated carbocycles. The van der Waals surface area contributed by atoms with E-state index in [0.717, 1.165) is 51.6 Å². The van der Waals surface area contributed by atoms with Crippen LogP contribution in [0.2, 0.25) is 0 Å². The van der Waals surface area contributed by atoms with Crippen LogP contribution in [0.5, 0.6) is 0 Å². The first kappa shape index (κ1) is 22.1. The number of hydrazine groups is 1. The Kier molecular flexibility index (Phi) is 7.25. The van der Waals surface area contributed by atoms with Crippen LogP contribution >= 0.6 is 11.5 Å². The first-order valence-electron chi connectivity index (χ1n) is 12.6. The van der Waals surface area contributed by atoms with Crippen LogP contribution in [0, 0.1) is 5.92 Å². The number of hydrogen-bond acceptors (Lipinski definition) is 6. The molecular formula is C25H37N5OS. The standard InChI is InChI=1S/C25H37N5OS/c31-20-30(22-6-2-1-3-7-22)29-14-11-21(12-15-29)10-13-27-16-18-28(19-17-27)25-23-8-4-5-9-24(23)32-26-25/h4-5,8-9,20-22H,1-3,6-7,10-19H2. The summed E-state index contributed by atoms with van der Waals surface area (Å²) in [5, 5.41) is 5.70. The van der Waals surface area contributed by atoms with Crippen molar-refractivity contribution in [2.75, 3.05) is 50.7 Å². The van der Waals surface area contributed by atoms with Crippen molar-refractivity contribution in [3.63, 3.8) is 0 Å². The fourth-order valence-corrected chi connectivity index (χ4v) is 6.61. The second kappa shape index (κ2) is 10.5. The largest absolute Gasteiger partial charge is 0.353 e. The lowest BCUT2D eigenvalue weighted by atomic mass is 9.93. The Balaban J connectivity index is 1.04. The molecule has 6 nitrogen and oxygen atoms in total. The lowest BCUT2D eigenvalue weighted by Crippen LogP contribution is -2.52. The molecule has 2 aromatic rings. The molecular weight excluding hydrogens is 418 g/mol. The van der Waals surface area contributed by atoms with E-state index in [9.17, 15) is 4.79 Å². The van der Waals surface area contributed by atoms with Gasteiger partial charge in [0.05, 0.1) is 4.70 Å². The molecule has 3 aliphatic rings. The van der Waals surface area contributed by atoms with E-state index in [1.807, 2.05) is 0 Å². The lowest BCUT2D eigenvalue weighted by molar-refractivity contribution is -0.146. The van der Waals surface area contributed by atoms with Gasteiger partial charge in [0.1, 0.15) is 5.82 Å². The molecule has 1 aliphatic carbocycles. The first-order chi connectivity index (χ1) is 15.8. The number of anilines is 1. The van der Waals surface area contributed by atoms with Gasteiger partial charge in [-0.2, -0.15) is 4.37 Å². The second-order valence-corrected chi connectivity index (χ2v) is 10.6. The van der Waals surface area contributed by atoms with Gasteiger partial charge in [-0.15, -0.1) is 0 Å². The molecule has 0 atom stereocenters. The molecule has 0 unspecified atom stereocenters. The number of amides is 1. The van der Waals surface area contributed by atoms with Crippen molar-refractivity contribution in [3.8, 4) is 0 Å². The number of benzene rings is 1. The normalized spacial score (nSPS) is 22.4. The maximum Gasteiger partial charge on any atom is 0.224 e. The summed E-state index contributed by atoms with van der Waals surface area (Å²) in [7, 11) is 0. The Morgan fingerprint density at radius 1 is 0.969 bits per heavy atom. The van der Waals surface area contributed by atoms with Crippen molar-refractivity contribution < 1.29 is 4.79 Å². The Morgan fingerprint density at radius 2 is 1.72 bits per heavy atom. The summed E-state index contributed by atoms with van der Waals surface area (Å²) in [6.07, 6.45) is 11.1. The van der Waals surface area contributed by atoms with E-state index >= 15 is 0 Å². The van der Waals surface area contributed by atoms with Gasteiger partial charge in [-0.3, -0.25) is 14.7 Å². The number of fused-ring (bicyclic) bond motifs is 1. The third-order valence-corrected chi connectivity index (χ3v) is 8.68. The van der Waals surface area contributed by atoms with E-state index in [2.05, 4.69) is 44.1 Å². The van der Waals surface area contributed by atoms with Crippen LogP contribution in [0.15, 0.2) is 24.3 Å². The molecule has 2 aliphatic heterocycles. The minimum atomic E-state index is 0.448. The first-order valence-corrected chi connectivity index (χ1v) is 13.4. The molecule has 1 aromatic heterocycles. The summed E-state index contributed by atoms with van der Waals surface area (Å²) in [6, 6.07) is 9.03. The van der Waals surface area contributed by atoms with Crippen LogP contribution in [0.3, 0.4) is 0 Å². The summed E-state index contributed by atoms with van der Waals surface area (Å²) < 4.78 is 6.03. The van der Waals surface area contributed by atoms with Gasteiger partial charge in [0, 0.05) is 50.7 Å². The quantitative estimate of drug-likeness (QED) is 0.585. The van der Waals surface area contributed by atoms with Crippen LogP contribution in [0.25, 0.3) is 10.1 Å². The predicted octanol–water partition coefficient (Wildman–Crippen LogP) is 4.23. The monoisotopic (exact) mass is 455 g/mol. The molecule has 1 aromatic carbocycles. The van der Waals surface area contributed by atoms with Crippen LogP contribution < -0.4 is 4.90 Å². The topological polar surface area (TPSA) is 42.9 Å². The van der Waals surface area contributed by atoms with Crippen LogP contribution in [0.4, 0.5) is 5.82 Å². The Labute approximate surface area is 196 Å². The van der Waals surface area contributed by atoms with Crippen molar-refractivity contribution in [1.29, 1.82) is 0 Å². The number of nitrogens with zero attached hydrogens (tertiary/aromatic N) is 5. The summed E-state index contributed by atoms with van der Waals surface area (Å²) in [6.45, 7) is 7.70. The highest BCUT2D eigenvalue weighted by Crippen LogP contribution is 2.30. The van der Waals surface area contributed by atoms with Crippen molar-refractivity contribution in [1.82, 2.24) is 19.3 Å². The Bertz CT molecular complexity index is 866. The predicted molar refractivity (Wildman–Crippen MR) is 132 cm³/mol. The summed E-state index contributed by atoms with van der Waals surface area (Å²) in [5.74, 6) is 1.97. The van der Waals surface area contributed by atoms with E-state index in [4.69, 9.17) is 4.37 Å². The van der Waals surface area contributed by atoms with E-state index in [1.54, 1.807) is 11.5 Å². The zero-order valence-electron chi connectivity index (χ0n) is 19.2. The van der Waals surface area contributed by atoms with Crippen LogP contribution in [-0.4, -0.2) is 77.6 Å². The van der Waals surface area contributed by atoms with Gasteiger partial charge in [0.2, 0.25) is 6.41 Å². The van der Waals surface area contributed by atoms with Crippen molar-refractivity contribution >= 4 is 33.8 Å². The van der Waals surface area contributed by atoms with E-state index in [1.165, 1.54) is 73.8 Å². The third kappa shape index (κ3) is 4.95. The average Bonchev–Trinajstić information content (AvgIpc) is 3.29. The summed E-state index contributed by atoms with van der Waals surface area (Å²) >= 11 is 1.62. The number of hydrogen-bond donors (Lipinski definition) is 0. The van der Waals surface area contributed by atoms with Gasteiger partial charge in [0.15, 0.2) is 0 Å². The highest BCUT2D eigenvalue weighted by molar-refractivity contribution is 7.13. The molecule has 3 heterocycles. The second-order valence-electron chi connectivity index (χ2n) is 9.79. The number of piperidine rings is 1. The maximum atomic E-state index is 11.8. The zero-order chi connectivity index (χ0) is 21.8. The molecule has 1 amide bonds. The molecule has 0 bridgehead atoms. The molecule has 7 heteroatoms. The highest BCUT2D eigenvalue weighted by atomic mass is 32.1. The minimum Gasteiger partial charge on any atom is -0.353 e. The number of aromatic nitrogens is 1. The van der Waals surface area contributed by atoms with Gasteiger partial charge < -0.3 is 4.90 Å². The van der Waals surface area contributed by atoms with Crippen molar-refractivity contribution in [2.45, 2.75) is 57.4 Å². The number of carbonyl (C=O) groups is 1. The lowest BCUT2D eigenvalue weighted by Gasteiger charge is -2.43. The molecule has 32 heavy (non-hydrogen) atoms. The minimum absolute atomic E-state index is 0.448. The van der Waals surface area contributed by atoms with Crippen molar-refractivity contribution in [2.24, 2.45) is 5.92 Å². The Hall–Kier alpha value is -1.70. The van der Waals surface area contributed by atoms with E-state index in [0.29, 0.717) is 6.04 Å². The fraction of sp³-hybridized carbons (Fsp3) is 0.680. The Morgan fingerprint density at radius 3 is 2.47 bits per heavy atom. The zero-order valence-corrected chi connectivity index (χ0v) is 20.0. The number of rotatable bonds is 7. The number of carbonyl (C=O) groups excluding carboxylic acids is 1. The SMILES string of the molecule is O=CN(C1CCCCC1)N1CCC(CCN2CCN(c3nsc4ccccc34)CC2)CC1. The third-order valence-electron chi connectivity index (χ3n) is 7.86. The highest BCUT2D eigenvalue weighted by Gasteiger charge is 2.29.